The third kappa shape index (κ3) is 7.40. The summed E-state index contributed by atoms with van der Waals surface area (Å²) >= 11 is 0. The second-order valence-corrected chi connectivity index (χ2v) is 12.5. The van der Waals surface area contributed by atoms with Gasteiger partial charge in [0.2, 0.25) is 5.67 Å². The number of aliphatic carboxylic acids is 1. The number of halogens is 4. The van der Waals surface area contributed by atoms with Crippen molar-refractivity contribution < 1.29 is 37.0 Å². The molecule has 2 aromatic rings. The molecule has 0 aliphatic carbocycles. The molecule has 0 saturated carbocycles. The molecule has 43 heavy (non-hydrogen) atoms. The predicted molar refractivity (Wildman–Crippen MR) is 156 cm³/mol. The van der Waals surface area contributed by atoms with Crippen LogP contribution in [0.25, 0.3) is 0 Å². The number of aryl methyl sites for hydroxylation is 1. The van der Waals surface area contributed by atoms with E-state index in [2.05, 4.69) is 0 Å². The second kappa shape index (κ2) is 12.7. The maximum absolute atomic E-state index is 17.1. The number of carbonyl (C=O) groups excluding carboxylic acids is 1. The summed E-state index contributed by atoms with van der Waals surface area (Å²) in [5, 5.41) is 8.84. The molecule has 1 N–H and O–H groups in total. The fraction of sp³-hybridized carbons (Fsp3) is 0.515. The van der Waals surface area contributed by atoms with Gasteiger partial charge in [-0.25, -0.2) is 9.18 Å². The van der Waals surface area contributed by atoms with Crippen molar-refractivity contribution in [3.8, 4) is 5.75 Å². The van der Waals surface area contributed by atoms with E-state index in [1.807, 2.05) is 25.7 Å². The first-order valence-electron chi connectivity index (χ1n) is 14.6. The molecule has 0 unspecified atom stereocenters. The molecule has 2 atom stereocenters. The maximum atomic E-state index is 17.1. The molecule has 4 rings (SSSR count). The van der Waals surface area contributed by atoms with Gasteiger partial charge in [-0.2, -0.15) is 13.2 Å². The lowest BCUT2D eigenvalue weighted by Crippen LogP contribution is -2.53. The highest BCUT2D eigenvalue weighted by Gasteiger charge is 2.57. The molecule has 1 amide bonds. The standard InChI is InChI=1S/C33H40F4N2O4/c1-31(2,3)39-20-28(23-9-12-26(43-4)13-10-23)32(34,21-39)30(42)38-17-15-22(16-18-38)27-14-11-25(33(35,36)37)19-24(27)7-5-6-8-29(40)41/h6,8-14,19,22,28H,5,7,15-18,20-21H2,1-4H3,(H,40,41)/b8-6+/t28-,32-/m0/s1. The monoisotopic (exact) mass is 604 g/mol. The van der Waals surface area contributed by atoms with Gasteiger partial charge in [0.25, 0.3) is 5.91 Å². The molecule has 0 bridgehead atoms. The Morgan fingerprint density at radius 3 is 2.28 bits per heavy atom. The van der Waals surface area contributed by atoms with Gasteiger partial charge in [-0.1, -0.05) is 24.3 Å². The average Bonchev–Trinajstić information content (AvgIpc) is 3.33. The Kier molecular flexibility index (Phi) is 9.59. The number of amides is 1. The molecule has 0 radical (unpaired) electrons. The molecule has 2 aliphatic rings. The summed E-state index contributed by atoms with van der Waals surface area (Å²) in [6.45, 7) is 6.94. The number of carbonyl (C=O) groups is 2. The summed E-state index contributed by atoms with van der Waals surface area (Å²) in [4.78, 5) is 28.3. The van der Waals surface area contributed by atoms with Gasteiger partial charge >= 0.3 is 12.1 Å². The minimum absolute atomic E-state index is 0.0289. The van der Waals surface area contributed by atoms with E-state index in [0.29, 0.717) is 43.8 Å². The summed E-state index contributed by atoms with van der Waals surface area (Å²) in [7, 11) is 1.56. The minimum Gasteiger partial charge on any atom is -0.497 e. The van der Waals surface area contributed by atoms with E-state index in [0.717, 1.165) is 29.3 Å². The molecule has 234 valence electrons. The molecule has 2 fully saturated rings. The zero-order valence-electron chi connectivity index (χ0n) is 25.1. The summed E-state index contributed by atoms with van der Waals surface area (Å²) in [5.74, 6) is -1.79. The van der Waals surface area contributed by atoms with Crippen LogP contribution in [0.4, 0.5) is 17.6 Å². The first-order chi connectivity index (χ1) is 20.1. The van der Waals surface area contributed by atoms with Crippen molar-refractivity contribution in [1.29, 1.82) is 0 Å². The first-order valence-corrected chi connectivity index (χ1v) is 14.6. The van der Waals surface area contributed by atoms with Gasteiger partial charge in [-0.15, -0.1) is 0 Å². The Labute approximate surface area is 250 Å². The molecule has 0 aromatic heterocycles. The number of hydrogen-bond donors (Lipinski definition) is 1. The number of rotatable bonds is 8. The molecule has 2 heterocycles. The third-order valence-electron chi connectivity index (χ3n) is 8.73. The van der Waals surface area contributed by atoms with Crippen LogP contribution in [0.2, 0.25) is 0 Å². The lowest BCUT2D eigenvalue weighted by molar-refractivity contribution is -0.145. The van der Waals surface area contributed by atoms with Crippen LogP contribution in [0, 0.1) is 0 Å². The summed E-state index contributed by atoms with van der Waals surface area (Å²) < 4.78 is 62.7. The predicted octanol–water partition coefficient (Wildman–Crippen LogP) is 6.60. The Balaban J connectivity index is 1.53. The SMILES string of the molecule is COc1ccc([C@@H]2CN(C(C)(C)C)C[C@@]2(F)C(=O)N2CCC(c3ccc(C(F)(F)F)cc3CC/C=C/C(=O)O)CC2)cc1. The van der Waals surface area contributed by atoms with Gasteiger partial charge in [-0.05, 0) is 93.3 Å². The lowest BCUT2D eigenvalue weighted by atomic mass is 9.82. The van der Waals surface area contributed by atoms with Crippen LogP contribution in [-0.2, 0) is 22.2 Å². The number of piperidine rings is 1. The summed E-state index contributed by atoms with van der Waals surface area (Å²) in [6, 6.07) is 10.9. The van der Waals surface area contributed by atoms with Gasteiger partial charge in [0.15, 0.2) is 0 Å². The highest BCUT2D eigenvalue weighted by Crippen LogP contribution is 2.44. The molecule has 2 saturated heterocycles. The minimum atomic E-state index is -4.50. The van der Waals surface area contributed by atoms with Gasteiger partial charge in [0, 0.05) is 43.7 Å². The molecule has 10 heteroatoms. The molecular formula is C33H40F4N2O4. The summed E-state index contributed by atoms with van der Waals surface area (Å²) in [5.41, 5.74) is -1.24. The van der Waals surface area contributed by atoms with Crippen molar-refractivity contribution in [2.75, 3.05) is 33.3 Å². The van der Waals surface area contributed by atoms with Crippen LogP contribution in [0.15, 0.2) is 54.6 Å². The van der Waals surface area contributed by atoms with E-state index in [1.54, 1.807) is 36.3 Å². The second-order valence-electron chi connectivity index (χ2n) is 12.5. The molecule has 6 nitrogen and oxygen atoms in total. The number of carboxylic acids is 1. The topological polar surface area (TPSA) is 70.1 Å². The highest BCUT2D eigenvalue weighted by atomic mass is 19.4. The Morgan fingerprint density at radius 2 is 1.72 bits per heavy atom. The van der Waals surface area contributed by atoms with Crippen molar-refractivity contribution in [3.63, 3.8) is 0 Å². The average molecular weight is 605 g/mol. The fourth-order valence-corrected chi connectivity index (χ4v) is 6.23. The van der Waals surface area contributed by atoms with E-state index >= 15 is 4.39 Å². The van der Waals surface area contributed by atoms with E-state index in [4.69, 9.17) is 9.84 Å². The van der Waals surface area contributed by atoms with Crippen molar-refractivity contribution in [3.05, 3.63) is 76.9 Å². The van der Waals surface area contributed by atoms with Crippen LogP contribution in [0.1, 0.15) is 74.1 Å². The van der Waals surface area contributed by atoms with Gasteiger partial charge in [0.1, 0.15) is 5.75 Å². The van der Waals surface area contributed by atoms with E-state index in [1.165, 1.54) is 12.1 Å². The number of methoxy groups -OCH3 is 1. The van der Waals surface area contributed by atoms with E-state index < -0.39 is 35.2 Å². The zero-order valence-corrected chi connectivity index (χ0v) is 25.1. The largest absolute Gasteiger partial charge is 0.497 e. The third-order valence-corrected chi connectivity index (χ3v) is 8.73. The van der Waals surface area contributed by atoms with Crippen molar-refractivity contribution in [2.45, 2.75) is 75.7 Å². The highest BCUT2D eigenvalue weighted by molar-refractivity contribution is 5.87. The Morgan fingerprint density at radius 1 is 1.07 bits per heavy atom. The molecular weight excluding hydrogens is 564 g/mol. The number of carboxylic acid groups (broad SMARTS) is 1. The van der Waals surface area contributed by atoms with E-state index in [9.17, 15) is 22.8 Å². The van der Waals surface area contributed by atoms with E-state index in [-0.39, 0.29) is 30.8 Å². The van der Waals surface area contributed by atoms with Crippen molar-refractivity contribution in [2.24, 2.45) is 0 Å². The summed E-state index contributed by atoms with van der Waals surface area (Å²) in [6.07, 6.45) is -0.592. The number of benzene rings is 2. The lowest BCUT2D eigenvalue weighted by Gasteiger charge is -2.38. The Hall–Kier alpha value is -3.40. The van der Waals surface area contributed by atoms with Crippen molar-refractivity contribution in [1.82, 2.24) is 9.80 Å². The Bertz CT molecular complexity index is 1330. The van der Waals surface area contributed by atoms with Crippen LogP contribution in [0.5, 0.6) is 5.75 Å². The molecule has 0 spiro atoms. The maximum Gasteiger partial charge on any atom is 0.416 e. The smallest absolute Gasteiger partial charge is 0.416 e. The van der Waals surface area contributed by atoms with Crippen LogP contribution in [-0.4, -0.2) is 71.3 Å². The van der Waals surface area contributed by atoms with Crippen LogP contribution < -0.4 is 4.74 Å². The number of likely N-dealkylation sites (tertiary alicyclic amines) is 2. The number of nitrogens with zero attached hydrogens (tertiary/aromatic N) is 2. The molecule has 2 aliphatic heterocycles. The number of allylic oxidation sites excluding steroid dienone is 1. The molecule has 2 aromatic carbocycles. The zero-order chi connectivity index (χ0) is 31.6. The van der Waals surface area contributed by atoms with Gasteiger partial charge < -0.3 is 14.7 Å². The van der Waals surface area contributed by atoms with Gasteiger partial charge in [-0.3, -0.25) is 9.69 Å². The number of hydrogen-bond acceptors (Lipinski definition) is 4. The first kappa shape index (κ1) is 32.5. The normalized spacial score (nSPS) is 22.3. The quantitative estimate of drug-likeness (QED) is 0.272. The van der Waals surface area contributed by atoms with Gasteiger partial charge in [0.05, 0.1) is 12.7 Å². The van der Waals surface area contributed by atoms with Crippen LogP contribution >= 0.6 is 0 Å². The fourth-order valence-electron chi connectivity index (χ4n) is 6.23. The van der Waals surface area contributed by atoms with Crippen LogP contribution in [0.3, 0.4) is 0 Å². The number of ether oxygens (including phenoxy) is 1. The van der Waals surface area contributed by atoms with Crippen molar-refractivity contribution >= 4 is 11.9 Å². The number of alkyl halides is 4.